The molecule has 0 heterocycles. The summed E-state index contributed by atoms with van der Waals surface area (Å²) in [5.41, 5.74) is 0. The molecular weight excluding hydrogens is 286 g/mol. The molecule has 4 atom stereocenters. The largest absolute Gasteiger partial charge is 0.391 e. The van der Waals surface area contributed by atoms with Crippen LogP contribution in [-0.4, -0.2) is 61.7 Å². The quantitative estimate of drug-likeness (QED) is 0.462. The minimum atomic E-state index is -1.20. The minimum Gasteiger partial charge on any atom is -0.391 e. The van der Waals surface area contributed by atoms with Gasteiger partial charge in [0.25, 0.3) is 0 Å². The summed E-state index contributed by atoms with van der Waals surface area (Å²) in [6, 6.07) is -0.874. The van der Waals surface area contributed by atoms with E-state index in [1.165, 1.54) is 13.8 Å². The Balaban J connectivity index is 4.93. The fourth-order valence-corrected chi connectivity index (χ4v) is 4.24. The predicted molar refractivity (Wildman–Crippen MR) is 81.4 cm³/mol. The number of carbonyl (C=O) groups is 1. The smallest absolute Gasteiger partial charge is 0.217 e. The summed E-state index contributed by atoms with van der Waals surface area (Å²) < 4.78 is -0.153. The van der Waals surface area contributed by atoms with Crippen LogP contribution in [0.2, 0.25) is 0 Å². The van der Waals surface area contributed by atoms with Crippen LogP contribution in [0.4, 0.5) is 0 Å². The molecule has 0 spiro atoms. The first-order valence-corrected chi connectivity index (χ1v) is 8.49. The van der Waals surface area contributed by atoms with Crippen LogP contribution < -0.4 is 5.32 Å². The molecule has 4 unspecified atom stereocenters. The number of carbonyl (C=O) groups excluding carboxylic acids is 1. The highest BCUT2D eigenvalue weighted by molar-refractivity contribution is 8.17. The van der Waals surface area contributed by atoms with Crippen LogP contribution in [0.25, 0.3) is 0 Å². The molecule has 0 radical (unpaired) electrons. The van der Waals surface area contributed by atoms with Gasteiger partial charge in [-0.05, 0) is 18.4 Å². The van der Waals surface area contributed by atoms with Crippen LogP contribution in [0.15, 0.2) is 0 Å². The molecular formula is C12H25NO4S2. The zero-order chi connectivity index (χ0) is 15.0. The SMILES string of the molecule is CCSC(SCC)C(O)C(NC(C)=O)C(O)C(C)O. The maximum Gasteiger partial charge on any atom is 0.217 e. The molecule has 19 heavy (non-hydrogen) atoms. The lowest BCUT2D eigenvalue weighted by molar-refractivity contribution is -0.123. The molecule has 0 bridgehead atoms. The van der Waals surface area contributed by atoms with Crippen molar-refractivity contribution >= 4 is 29.4 Å². The van der Waals surface area contributed by atoms with E-state index in [9.17, 15) is 20.1 Å². The highest BCUT2D eigenvalue weighted by Gasteiger charge is 2.35. The Morgan fingerprint density at radius 2 is 1.58 bits per heavy atom. The maximum atomic E-state index is 11.2. The van der Waals surface area contributed by atoms with E-state index in [0.29, 0.717) is 0 Å². The minimum absolute atomic E-state index is 0.153. The van der Waals surface area contributed by atoms with Crippen LogP contribution in [0.5, 0.6) is 0 Å². The van der Waals surface area contributed by atoms with Gasteiger partial charge in [0.15, 0.2) is 0 Å². The van der Waals surface area contributed by atoms with Gasteiger partial charge in [-0.3, -0.25) is 4.79 Å². The molecule has 0 aromatic heterocycles. The van der Waals surface area contributed by atoms with E-state index in [0.717, 1.165) is 11.5 Å². The molecule has 0 aromatic rings. The van der Waals surface area contributed by atoms with Gasteiger partial charge in [0.1, 0.15) is 6.10 Å². The van der Waals surface area contributed by atoms with Crippen molar-refractivity contribution in [2.24, 2.45) is 0 Å². The molecule has 0 saturated heterocycles. The van der Waals surface area contributed by atoms with Gasteiger partial charge in [-0.25, -0.2) is 0 Å². The Hall–Kier alpha value is 0.0500. The Bertz CT molecular complexity index is 260. The molecule has 4 N–H and O–H groups in total. The van der Waals surface area contributed by atoms with E-state index in [2.05, 4.69) is 5.32 Å². The van der Waals surface area contributed by atoms with E-state index in [1.54, 1.807) is 23.5 Å². The summed E-state index contributed by atoms with van der Waals surface area (Å²) >= 11 is 3.13. The second-order valence-electron chi connectivity index (χ2n) is 4.23. The van der Waals surface area contributed by atoms with Crippen LogP contribution in [0.1, 0.15) is 27.7 Å². The van der Waals surface area contributed by atoms with Gasteiger partial charge in [0, 0.05) is 6.92 Å². The van der Waals surface area contributed by atoms with Crippen molar-refractivity contribution in [3.8, 4) is 0 Å². The molecule has 0 aliphatic heterocycles. The number of amides is 1. The average molecular weight is 311 g/mol. The predicted octanol–water partition coefficient (Wildman–Crippen LogP) is 0.426. The summed E-state index contributed by atoms with van der Waals surface area (Å²) in [5.74, 6) is 1.31. The van der Waals surface area contributed by atoms with Gasteiger partial charge in [0.05, 0.1) is 22.8 Å². The second-order valence-corrected chi connectivity index (χ2v) is 7.36. The van der Waals surface area contributed by atoms with Gasteiger partial charge >= 0.3 is 0 Å². The molecule has 0 fully saturated rings. The fourth-order valence-electron chi connectivity index (χ4n) is 1.65. The van der Waals surface area contributed by atoms with Gasteiger partial charge in [-0.2, -0.15) is 0 Å². The number of hydrogen-bond acceptors (Lipinski definition) is 6. The van der Waals surface area contributed by atoms with Crippen molar-refractivity contribution in [2.75, 3.05) is 11.5 Å². The highest BCUT2D eigenvalue weighted by Crippen LogP contribution is 2.29. The zero-order valence-electron chi connectivity index (χ0n) is 11.9. The van der Waals surface area contributed by atoms with Gasteiger partial charge in [0.2, 0.25) is 5.91 Å². The summed E-state index contributed by atoms with van der Waals surface area (Å²) in [7, 11) is 0. The standard InChI is InChI=1S/C12H25NO4S2/c1-5-18-12(19-6-2)11(17)9(13-8(4)15)10(16)7(3)14/h7,9-12,14,16-17H,5-6H2,1-4H3,(H,13,15). The summed E-state index contributed by atoms with van der Waals surface area (Å²) in [6.07, 6.45) is -3.15. The van der Waals surface area contributed by atoms with Gasteiger partial charge < -0.3 is 20.6 Å². The molecule has 114 valence electrons. The first-order chi connectivity index (χ1) is 8.84. The van der Waals surface area contributed by atoms with Crippen molar-refractivity contribution in [1.82, 2.24) is 5.32 Å². The Kier molecular flexibility index (Phi) is 9.90. The number of nitrogens with one attached hydrogen (secondary N) is 1. The number of hydrogen-bond donors (Lipinski definition) is 4. The number of aliphatic hydroxyl groups excluding tert-OH is 3. The Morgan fingerprint density at radius 3 is 1.89 bits per heavy atom. The first-order valence-electron chi connectivity index (χ1n) is 6.39. The monoisotopic (exact) mass is 311 g/mol. The van der Waals surface area contributed by atoms with E-state index in [4.69, 9.17) is 0 Å². The zero-order valence-corrected chi connectivity index (χ0v) is 13.5. The molecule has 0 saturated carbocycles. The van der Waals surface area contributed by atoms with Crippen LogP contribution in [-0.2, 0) is 4.79 Å². The highest BCUT2D eigenvalue weighted by atomic mass is 32.2. The molecule has 1 amide bonds. The topological polar surface area (TPSA) is 89.8 Å². The molecule has 7 heteroatoms. The van der Waals surface area contributed by atoms with E-state index in [-0.39, 0.29) is 10.5 Å². The van der Waals surface area contributed by atoms with E-state index >= 15 is 0 Å². The molecule has 0 rings (SSSR count). The molecule has 0 aliphatic rings. The van der Waals surface area contributed by atoms with E-state index < -0.39 is 24.4 Å². The normalized spacial score (nSPS) is 17.9. The molecule has 0 aromatic carbocycles. The Labute approximate surface area is 123 Å². The van der Waals surface area contributed by atoms with Crippen molar-refractivity contribution in [1.29, 1.82) is 0 Å². The van der Waals surface area contributed by atoms with Gasteiger partial charge in [-0.15, -0.1) is 23.5 Å². The van der Waals surface area contributed by atoms with Crippen LogP contribution in [0, 0.1) is 0 Å². The fraction of sp³-hybridized carbons (Fsp3) is 0.917. The van der Waals surface area contributed by atoms with Gasteiger partial charge in [-0.1, -0.05) is 13.8 Å². The molecule has 0 aliphatic carbocycles. The lowest BCUT2D eigenvalue weighted by Crippen LogP contribution is -2.56. The third-order valence-corrected chi connectivity index (χ3v) is 5.24. The van der Waals surface area contributed by atoms with Crippen molar-refractivity contribution in [3.63, 3.8) is 0 Å². The number of rotatable bonds is 9. The van der Waals surface area contributed by atoms with Crippen molar-refractivity contribution in [2.45, 2.75) is 56.6 Å². The lowest BCUT2D eigenvalue weighted by atomic mass is 10.0. The molecule has 5 nitrogen and oxygen atoms in total. The van der Waals surface area contributed by atoms with Crippen LogP contribution in [0.3, 0.4) is 0 Å². The maximum absolute atomic E-state index is 11.2. The first kappa shape index (κ1) is 19.1. The third kappa shape index (κ3) is 6.85. The summed E-state index contributed by atoms with van der Waals surface area (Å²) in [5, 5.41) is 32.3. The number of aliphatic hydroxyl groups is 3. The Morgan fingerprint density at radius 1 is 1.11 bits per heavy atom. The van der Waals surface area contributed by atoms with Crippen molar-refractivity contribution in [3.05, 3.63) is 0 Å². The van der Waals surface area contributed by atoms with E-state index in [1.807, 2.05) is 13.8 Å². The summed E-state index contributed by atoms with van der Waals surface area (Å²) in [6.45, 7) is 6.72. The van der Waals surface area contributed by atoms with Crippen molar-refractivity contribution < 1.29 is 20.1 Å². The lowest BCUT2D eigenvalue weighted by Gasteiger charge is -2.33. The number of thioether (sulfide) groups is 2. The third-order valence-electron chi connectivity index (χ3n) is 2.54. The average Bonchev–Trinajstić information content (AvgIpc) is 2.33. The second kappa shape index (κ2) is 9.88. The van der Waals surface area contributed by atoms with Crippen LogP contribution >= 0.6 is 23.5 Å². The summed E-state index contributed by atoms with van der Waals surface area (Å²) in [4.78, 5) is 11.2.